The summed E-state index contributed by atoms with van der Waals surface area (Å²) in [6, 6.07) is 0. The zero-order chi connectivity index (χ0) is 14.8. The second-order valence-electron chi connectivity index (χ2n) is 7.64. The number of fused-ring (bicyclic) bond motifs is 12. The Morgan fingerprint density at radius 2 is 1.38 bits per heavy atom. The highest BCUT2D eigenvalue weighted by molar-refractivity contribution is 9.25. The summed E-state index contributed by atoms with van der Waals surface area (Å²) in [6.07, 6.45) is 22.6. The summed E-state index contributed by atoms with van der Waals surface area (Å²) in [4.78, 5) is 0. The number of rotatable bonds is 0. The van der Waals surface area contributed by atoms with Crippen LogP contribution >= 0.6 is 31.9 Å². The molecule has 2 heteroatoms. The van der Waals surface area contributed by atoms with Crippen molar-refractivity contribution in [1.82, 2.24) is 0 Å². The van der Waals surface area contributed by atoms with E-state index in [4.69, 9.17) is 0 Å². The van der Waals surface area contributed by atoms with E-state index in [-0.39, 0.29) is 3.23 Å². The van der Waals surface area contributed by atoms with Crippen LogP contribution < -0.4 is 0 Å². The Morgan fingerprint density at radius 1 is 0.810 bits per heavy atom. The van der Waals surface area contributed by atoms with Gasteiger partial charge in [-0.05, 0) is 38.0 Å². The van der Waals surface area contributed by atoms with Gasteiger partial charge in [-0.2, -0.15) is 0 Å². The number of hydrogen-bond acceptors (Lipinski definition) is 0. The summed E-state index contributed by atoms with van der Waals surface area (Å²) < 4.78 is 0.249. The molecular formula is C19H30Br2. The third-order valence-corrected chi connectivity index (χ3v) is 8.96. The monoisotopic (exact) mass is 416 g/mol. The second kappa shape index (κ2) is 7.07. The fourth-order valence-electron chi connectivity index (χ4n) is 4.72. The lowest BCUT2D eigenvalue weighted by Crippen LogP contribution is -2.11. The van der Waals surface area contributed by atoms with Crippen LogP contribution in [0.4, 0.5) is 0 Å². The summed E-state index contributed by atoms with van der Waals surface area (Å²) in [5.74, 6) is 0.845. The SMILES string of the molecule is BrC1(Br)[C@H]2CC3=CC[C@@]21CCCCCCCCCCCC3. The maximum atomic E-state index is 4.02. The van der Waals surface area contributed by atoms with Gasteiger partial charge in [0.05, 0.1) is 3.23 Å². The minimum absolute atomic E-state index is 0.249. The van der Waals surface area contributed by atoms with Crippen molar-refractivity contribution >= 4 is 31.9 Å². The molecular weight excluding hydrogens is 388 g/mol. The summed E-state index contributed by atoms with van der Waals surface area (Å²) in [5.41, 5.74) is 2.29. The van der Waals surface area contributed by atoms with Gasteiger partial charge in [0, 0.05) is 5.41 Å². The van der Waals surface area contributed by atoms with E-state index < -0.39 is 0 Å². The van der Waals surface area contributed by atoms with Gasteiger partial charge in [-0.25, -0.2) is 0 Å². The van der Waals surface area contributed by atoms with Crippen LogP contribution in [0.15, 0.2) is 11.6 Å². The van der Waals surface area contributed by atoms with E-state index in [0.29, 0.717) is 5.41 Å². The molecule has 2 fully saturated rings. The molecule has 120 valence electrons. The molecule has 4 rings (SSSR count). The third-order valence-electron chi connectivity index (χ3n) is 6.28. The number of allylic oxidation sites excluding steroid dienone is 2. The predicted molar refractivity (Wildman–Crippen MR) is 99.2 cm³/mol. The Labute approximate surface area is 147 Å². The van der Waals surface area contributed by atoms with Gasteiger partial charge in [0.1, 0.15) is 0 Å². The lowest BCUT2D eigenvalue weighted by Gasteiger charge is -2.22. The van der Waals surface area contributed by atoms with Crippen LogP contribution in [-0.2, 0) is 0 Å². The molecule has 0 aromatic rings. The Bertz CT molecular complexity index is 385. The maximum Gasteiger partial charge on any atom is 0.0905 e. The molecule has 0 saturated heterocycles. The lowest BCUT2D eigenvalue weighted by molar-refractivity contribution is 0.377. The fourth-order valence-corrected chi connectivity index (χ4v) is 6.96. The van der Waals surface area contributed by atoms with Crippen molar-refractivity contribution in [2.45, 2.75) is 93.1 Å². The van der Waals surface area contributed by atoms with Gasteiger partial charge in [-0.1, -0.05) is 101 Å². The molecule has 0 radical (unpaired) electrons. The summed E-state index contributed by atoms with van der Waals surface area (Å²) in [5, 5.41) is 0. The van der Waals surface area contributed by atoms with Gasteiger partial charge in [0.25, 0.3) is 0 Å². The minimum atomic E-state index is 0.249. The first kappa shape index (κ1) is 16.6. The second-order valence-corrected chi connectivity index (χ2v) is 11.2. The molecule has 2 bridgehead atoms. The van der Waals surface area contributed by atoms with Crippen LogP contribution in [-0.4, -0.2) is 3.23 Å². The van der Waals surface area contributed by atoms with Crippen molar-refractivity contribution in [3.8, 4) is 0 Å². The van der Waals surface area contributed by atoms with Crippen molar-refractivity contribution in [3.63, 3.8) is 0 Å². The van der Waals surface area contributed by atoms with Crippen LogP contribution in [0.1, 0.15) is 89.9 Å². The quantitative estimate of drug-likeness (QED) is 0.282. The van der Waals surface area contributed by atoms with E-state index in [1.807, 2.05) is 0 Å². The van der Waals surface area contributed by atoms with Gasteiger partial charge in [0.2, 0.25) is 0 Å². The predicted octanol–water partition coefficient (Wildman–Crippen LogP) is 7.50. The van der Waals surface area contributed by atoms with Gasteiger partial charge < -0.3 is 0 Å². The smallest absolute Gasteiger partial charge is 0.0847 e. The number of alkyl halides is 2. The molecule has 1 spiro atoms. The van der Waals surface area contributed by atoms with Crippen molar-refractivity contribution in [2.24, 2.45) is 11.3 Å². The molecule has 2 atom stereocenters. The minimum Gasteiger partial charge on any atom is -0.0847 e. The van der Waals surface area contributed by atoms with Gasteiger partial charge in [-0.15, -0.1) is 0 Å². The van der Waals surface area contributed by atoms with Gasteiger partial charge >= 0.3 is 0 Å². The van der Waals surface area contributed by atoms with Crippen LogP contribution in [0.3, 0.4) is 0 Å². The molecule has 0 aromatic carbocycles. The molecule has 0 aromatic heterocycles. The van der Waals surface area contributed by atoms with Gasteiger partial charge in [-0.3, -0.25) is 0 Å². The normalized spacial score (nSPS) is 37.6. The first-order chi connectivity index (χ1) is 10.2. The number of halogens is 2. The summed E-state index contributed by atoms with van der Waals surface area (Å²) >= 11 is 8.04. The highest BCUT2D eigenvalue weighted by Crippen LogP contribution is 2.78. The Morgan fingerprint density at radius 3 is 2.00 bits per heavy atom. The third kappa shape index (κ3) is 3.47. The highest BCUT2D eigenvalue weighted by Gasteiger charge is 2.73. The summed E-state index contributed by atoms with van der Waals surface area (Å²) in [6.45, 7) is 0. The average molecular weight is 418 g/mol. The molecule has 0 heterocycles. The molecule has 0 nitrogen and oxygen atoms in total. The molecule has 0 unspecified atom stereocenters. The number of hydrogen-bond donors (Lipinski definition) is 0. The molecule has 21 heavy (non-hydrogen) atoms. The maximum absolute atomic E-state index is 4.02. The lowest BCUT2D eigenvalue weighted by atomic mass is 9.83. The Kier molecular flexibility index (Phi) is 5.58. The van der Waals surface area contributed by atoms with E-state index in [1.165, 1.54) is 89.9 Å². The van der Waals surface area contributed by atoms with Crippen molar-refractivity contribution in [1.29, 1.82) is 0 Å². The van der Waals surface area contributed by atoms with Crippen LogP contribution in [0.2, 0.25) is 0 Å². The molecule has 0 aliphatic heterocycles. The van der Waals surface area contributed by atoms with E-state index >= 15 is 0 Å². The van der Waals surface area contributed by atoms with Crippen molar-refractivity contribution in [3.05, 3.63) is 11.6 Å². The Balaban J connectivity index is 1.61. The standard InChI is InChI=1S/C19H30Br2/c20-19(21)17-15-16-11-9-7-5-3-1-2-4-6-8-10-13-18(17,19)14-12-16/h12,17H,1-11,13-15H2/t17-,18-/m0/s1. The highest BCUT2D eigenvalue weighted by atomic mass is 79.9. The van der Waals surface area contributed by atoms with Crippen LogP contribution in [0, 0.1) is 11.3 Å². The first-order valence-electron chi connectivity index (χ1n) is 9.22. The molecule has 4 aliphatic rings. The van der Waals surface area contributed by atoms with E-state index in [0.717, 1.165) is 5.92 Å². The average Bonchev–Trinajstić information content (AvgIpc) is 2.95. The summed E-state index contributed by atoms with van der Waals surface area (Å²) in [7, 11) is 0. The molecule has 0 amide bonds. The van der Waals surface area contributed by atoms with Crippen LogP contribution in [0.25, 0.3) is 0 Å². The van der Waals surface area contributed by atoms with Crippen LogP contribution in [0.5, 0.6) is 0 Å². The topological polar surface area (TPSA) is 0 Å². The molecule has 0 N–H and O–H groups in total. The van der Waals surface area contributed by atoms with Crippen molar-refractivity contribution < 1.29 is 0 Å². The molecule has 4 aliphatic carbocycles. The zero-order valence-electron chi connectivity index (χ0n) is 13.3. The largest absolute Gasteiger partial charge is 0.0905 e. The van der Waals surface area contributed by atoms with Crippen molar-refractivity contribution in [2.75, 3.05) is 0 Å². The van der Waals surface area contributed by atoms with E-state index in [2.05, 4.69) is 37.9 Å². The zero-order valence-corrected chi connectivity index (χ0v) is 16.5. The van der Waals surface area contributed by atoms with E-state index in [1.54, 1.807) is 5.57 Å². The first-order valence-corrected chi connectivity index (χ1v) is 10.8. The van der Waals surface area contributed by atoms with E-state index in [9.17, 15) is 0 Å². The Hall–Kier alpha value is 0.700. The fraction of sp³-hybridized carbons (Fsp3) is 0.895. The molecule has 2 saturated carbocycles. The van der Waals surface area contributed by atoms with Gasteiger partial charge in [0.15, 0.2) is 0 Å².